The highest BCUT2D eigenvalue weighted by molar-refractivity contribution is 5.89. The minimum absolute atomic E-state index is 0.256. The van der Waals surface area contributed by atoms with Gasteiger partial charge >= 0.3 is 5.97 Å². The summed E-state index contributed by atoms with van der Waals surface area (Å²) in [5, 5.41) is 0. The molecule has 2 heteroatoms. The zero-order valence-electron chi connectivity index (χ0n) is 11.8. The number of esters is 1. The molecular weight excluding hydrogens is 224 g/mol. The van der Waals surface area contributed by atoms with Gasteiger partial charge in [0.05, 0.1) is 12.2 Å². The van der Waals surface area contributed by atoms with Gasteiger partial charge < -0.3 is 4.74 Å². The van der Waals surface area contributed by atoms with E-state index >= 15 is 0 Å². The van der Waals surface area contributed by atoms with Gasteiger partial charge in [-0.25, -0.2) is 4.79 Å². The second-order valence-electron chi connectivity index (χ2n) is 3.93. The summed E-state index contributed by atoms with van der Waals surface area (Å²) < 4.78 is 4.79. The average Bonchev–Trinajstić information content (AvgIpc) is 2.41. The van der Waals surface area contributed by atoms with Crippen LogP contribution in [0.15, 0.2) is 30.3 Å². The molecule has 0 aliphatic carbocycles. The molecule has 18 heavy (non-hydrogen) atoms. The highest BCUT2D eigenvalue weighted by Crippen LogP contribution is 2.00. The molecule has 101 valence electrons. The lowest BCUT2D eigenvalue weighted by Crippen LogP contribution is -2.03. The van der Waals surface area contributed by atoms with Crippen LogP contribution in [0.4, 0.5) is 0 Å². The van der Waals surface area contributed by atoms with E-state index in [2.05, 4.69) is 20.3 Å². The van der Waals surface area contributed by atoms with Crippen LogP contribution in [0.2, 0.25) is 0 Å². The normalized spacial score (nSPS) is 9.28. The Bertz CT molecular complexity index is 289. The van der Waals surface area contributed by atoms with Gasteiger partial charge in [0.25, 0.3) is 0 Å². The highest BCUT2D eigenvalue weighted by Gasteiger charge is 2.02. The molecule has 1 aromatic carbocycles. The molecule has 0 amide bonds. The predicted molar refractivity (Wildman–Crippen MR) is 76.5 cm³/mol. The third-order valence-corrected chi connectivity index (χ3v) is 2.34. The van der Waals surface area contributed by atoms with Gasteiger partial charge in [-0.15, -0.1) is 0 Å². The first kappa shape index (κ1) is 16.7. The van der Waals surface area contributed by atoms with Crippen LogP contribution in [-0.4, -0.2) is 12.6 Å². The Labute approximate surface area is 111 Å². The monoisotopic (exact) mass is 249 g/mol. The third kappa shape index (κ3) is 8.80. The summed E-state index contributed by atoms with van der Waals surface area (Å²) in [6.45, 7) is 6.63. The average molecular weight is 249 g/mol. The molecule has 2 nitrogen and oxygen atoms in total. The van der Waals surface area contributed by atoms with Gasteiger partial charge in [0.1, 0.15) is 0 Å². The van der Waals surface area contributed by atoms with Crippen LogP contribution in [0.1, 0.15) is 56.8 Å². The quantitative estimate of drug-likeness (QED) is 0.541. The number of carbonyl (C=O) groups excluding carboxylic acids is 1. The van der Waals surface area contributed by atoms with Crippen LogP contribution >= 0.6 is 0 Å². The first-order valence-corrected chi connectivity index (χ1v) is 6.80. The Balaban J connectivity index is 0.000000360. The molecule has 1 radical (unpaired) electrons. The zero-order chi connectivity index (χ0) is 13.6. The fourth-order valence-electron chi connectivity index (χ4n) is 1.34. The molecule has 1 rings (SSSR count). The van der Waals surface area contributed by atoms with Crippen molar-refractivity contribution in [2.75, 3.05) is 6.61 Å². The lowest BCUT2D eigenvalue weighted by molar-refractivity contribution is 0.0526. The standard InChI is InChI=1S/C9H10O2.C7H15/c1-2-11-9(10)8-6-4-3-5-7-8;1-3-5-7-6-4-2/h3-7H,2H2,1H3;5H,3-4,6-7H2,1-2H3. The van der Waals surface area contributed by atoms with E-state index in [1.54, 1.807) is 19.1 Å². The molecule has 0 saturated carbocycles. The molecule has 0 saturated heterocycles. The summed E-state index contributed by atoms with van der Waals surface area (Å²) in [4.78, 5) is 11.0. The van der Waals surface area contributed by atoms with Crippen molar-refractivity contribution in [3.05, 3.63) is 42.3 Å². The fraction of sp³-hybridized carbons (Fsp3) is 0.500. The van der Waals surface area contributed by atoms with E-state index in [9.17, 15) is 4.79 Å². The van der Waals surface area contributed by atoms with Gasteiger partial charge in [0.2, 0.25) is 0 Å². The lowest BCUT2D eigenvalue weighted by Gasteiger charge is -1.99. The SMILES string of the molecule is CCOC(=O)c1ccccc1.CC[CH]CCCC. The molecule has 0 spiro atoms. The summed E-state index contributed by atoms with van der Waals surface area (Å²) in [6.07, 6.45) is 7.58. The van der Waals surface area contributed by atoms with Gasteiger partial charge in [-0.1, -0.05) is 57.7 Å². The van der Waals surface area contributed by atoms with E-state index in [-0.39, 0.29) is 5.97 Å². The van der Waals surface area contributed by atoms with Gasteiger partial charge in [0, 0.05) is 0 Å². The van der Waals surface area contributed by atoms with Crippen LogP contribution in [0, 0.1) is 6.42 Å². The number of hydrogen-bond acceptors (Lipinski definition) is 2. The number of benzene rings is 1. The second-order valence-corrected chi connectivity index (χ2v) is 3.93. The molecule has 0 aliphatic heterocycles. The van der Waals surface area contributed by atoms with Gasteiger partial charge in [0.15, 0.2) is 0 Å². The molecule has 1 aromatic rings. The Morgan fingerprint density at radius 1 is 1.17 bits per heavy atom. The maximum atomic E-state index is 11.0. The van der Waals surface area contributed by atoms with Crippen molar-refractivity contribution < 1.29 is 9.53 Å². The van der Waals surface area contributed by atoms with E-state index in [0.29, 0.717) is 12.2 Å². The molecule has 0 bridgehead atoms. The van der Waals surface area contributed by atoms with E-state index in [4.69, 9.17) is 4.74 Å². The van der Waals surface area contributed by atoms with Crippen molar-refractivity contribution in [2.45, 2.75) is 46.5 Å². The molecule has 0 heterocycles. The van der Waals surface area contributed by atoms with Crippen LogP contribution in [0.5, 0.6) is 0 Å². The summed E-state index contributed by atoms with van der Waals surface area (Å²) >= 11 is 0. The van der Waals surface area contributed by atoms with E-state index < -0.39 is 0 Å². The van der Waals surface area contributed by atoms with E-state index in [1.807, 2.05) is 18.2 Å². The Hall–Kier alpha value is -1.31. The summed E-state index contributed by atoms with van der Waals surface area (Å²) in [6, 6.07) is 8.96. The van der Waals surface area contributed by atoms with Crippen LogP contribution in [0.3, 0.4) is 0 Å². The molecule has 0 N–H and O–H groups in total. The van der Waals surface area contributed by atoms with Crippen LogP contribution in [0.25, 0.3) is 0 Å². The van der Waals surface area contributed by atoms with Crippen molar-refractivity contribution in [1.29, 1.82) is 0 Å². The first-order valence-electron chi connectivity index (χ1n) is 6.80. The predicted octanol–water partition coefficient (Wildman–Crippen LogP) is 4.65. The Morgan fingerprint density at radius 3 is 2.33 bits per heavy atom. The molecule has 0 unspecified atom stereocenters. The lowest BCUT2D eigenvalue weighted by atomic mass is 10.2. The third-order valence-electron chi connectivity index (χ3n) is 2.34. The fourth-order valence-corrected chi connectivity index (χ4v) is 1.34. The second kappa shape index (κ2) is 12.2. The molecule has 0 aromatic heterocycles. The van der Waals surface area contributed by atoms with Crippen molar-refractivity contribution in [3.63, 3.8) is 0 Å². The van der Waals surface area contributed by atoms with E-state index in [1.165, 1.54) is 25.7 Å². The van der Waals surface area contributed by atoms with Crippen LogP contribution in [-0.2, 0) is 4.74 Å². The van der Waals surface area contributed by atoms with Crippen molar-refractivity contribution in [3.8, 4) is 0 Å². The number of rotatable bonds is 6. The van der Waals surface area contributed by atoms with Crippen molar-refractivity contribution in [2.24, 2.45) is 0 Å². The van der Waals surface area contributed by atoms with E-state index in [0.717, 1.165) is 0 Å². The summed E-state index contributed by atoms with van der Waals surface area (Å²) in [7, 11) is 0. The molecule has 0 atom stereocenters. The maximum absolute atomic E-state index is 11.0. The summed E-state index contributed by atoms with van der Waals surface area (Å²) in [5.41, 5.74) is 0.606. The molecule has 0 aliphatic rings. The number of carbonyl (C=O) groups is 1. The van der Waals surface area contributed by atoms with Crippen LogP contribution < -0.4 is 0 Å². The van der Waals surface area contributed by atoms with Gasteiger partial charge in [-0.2, -0.15) is 0 Å². The van der Waals surface area contributed by atoms with Crippen molar-refractivity contribution in [1.82, 2.24) is 0 Å². The van der Waals surface area contributed by atoms with Gasteiger partial charge in [-0.3, -0.25) is 0 Å². The zero-order valence-corrected chi connectivity index (χ0v) is 11.8. The largest absolute Gasteiger partial charge is 0.462 e. The minimum atomic E-state index is -0.256. The maximum Gasteiger partial charge on any atom is 0.338 e. The van der Waals surface area contributed by atoms with Crippen molar-refractivity contribution >= 4 is 5.97 Å². The molecule has 0 fully saturated rings. The number of hydrogen-bond donors (Lipinski definition) is 0. The molecular formula is C16H25O2. The highest BCUT2D eigenvalue weighted by atomic mass is 16.5. The van der Waals surface area contributed by atoms with Gasteiger partial charge in [-0.05, 0) is 25.5 Å². The summed E-state index contributed by atoms with van der Waals surface area (Å²) in [5.74, 6) is -0.256. The number of unbranched alkanes of at least 4 members (excludes halogenated alkanes) is 4. The minimum Gasteiger partial charge on any atom is -0.462 e. The first-order chi connectivity index (χ1) is 8.76. The smallest absolute Gasteiger partial charge is 0.338 e. The Kier molecular flexibility index (Phi) is 11.3. The Morgan fingerprint density at radius 2 is 1.83 bits per heavy atom. The number of ether oxygens (including phenoxy) is 1. The topological polar surface area (TPSA) is 26.3 Å².